The van der Waals surface area contributed by atoms with Crippen molar-refractivity contribution in [2.24, 2.45) is 5.73 Å². The highest BCUT2D eigenvalue weighted by Crippen LogP contribution is 1.93. The van der Waals surface area contributed by atoms with Crippen molar-refractivity contribution < 1.29 is 15.0 Å². The third-order valence-corrected chi connectivity index (χ3v) is 1.13. The second kappa shape index (κ2) is 3.42. The van der Waals surface area contributed by atoms with Gasteiger partial charge in [-0.05, 0) is 6.42 Å². The van der Waals surface area contributed by atoms with E-state index in [1.54, 1.807) is 6.92 Å². The van der Waals surface area contributed by atoms with Crippen LogP contribution in [0.25, 0.3) is 0 Å². The Morgan fingerprint density at radius 2 is 2.22 bits per heavy atom. The quantitative estimate of drug-likeness (QED) is 0.469. The van der Waals surface area contributed by atoms with Crippen molar-refractivity contribution in [3.63, 3.8) is 0 Å². The minimum absolute atomic E-state index is 0.466. The van der Waals surface area contributed by atoms with E-state index >= 15 is 0 Å². The monoisotopic (exact) mass is 133 g/mol. The molecule has 0 aliphatic heterocycles. The molecule has 4 heteroatoms. The van der Waals surface area contributed by atoms with Gasteiger partial charge in [-0.1, -0.05) is 6.92 Å². The van der Waals surface area contributed by atoms with E-state index in [0.717, 1.165) is 0 Å². The molecule has 0 fully saturated rings. The van der Waals surface area contributed by atoms with Gasteiger partial charge in [-0.15, -0.1) is 0 Å². The highest BCUT2D eigenvalue weighted by Gasteiger charge is 2.19. The molecular weight excluding hydrogens is 122 g/mol. The zero-order valence-electron chi connectivity index (χ0n) is 5.24. The van der Waals surface area contributed by atoms with Crippen LogP contribution in [0.15, 0.2) is 0 Å². The highest BCUT2D eigenvalue weighted by atomic mass is 16.4. The number of carboxylic acid groups (broad SMARTS) is 1. The van der Waals surface area contributed by atoms with Gasteiger partial charge in [-0.2, -0.15) is 0 Å². The Hall–Kier alpha value is -0.610. The molecule has 0 aliphatic carbocycles. The van der Waals surface area contributed by atoms with Gasteiger partial charge in [0.05, 0.1) is 0 Å². The summed E-state index contributed by atoms with van der Waals surface area (Å²) in [6.07, 6.45) is -0.956. The molecule has 9 heavy (non-hydrogen) atoms. The first-order valence-corrected chi connectivity index (χ1v) is 2.76. The van der Waals surface area contributed by atoms with Crippen LogP contribution in [0.2, 0.25) is 0 Å². The maximum absolute atomic E-state index is 9.97. The molecule has 0 aromatic carbocycles. The van der Waals surface area contributed by atoms with Gasteiger partial charge >= 0.3 is 5.97 Å². The molecule has 2 atom stereocenters. The first kappa shape index (κ1) is 8.39. The largest absolute Gasteiger partial charge is 0.479 e. The molecule has 0 rings (SSSR count). The summed E-state index contributed by atoms with van der Waals surface area (Å²) >= 11 is 0. The van der Waals surface area contributed by atoms with E-state index in [2.05, 4.69) is 0 Å². The van der Waals surface area contributed by atoms with Crippen molar-refractivity contribution in [3.05, 3.63) is 0 Å². The van der Waals surface area contributed by atoms with Crippen LogP contribution in [0.5, 0.6) is 0 Å². The van der Waals surface area contributed by atoms with Gasteiger partial charge in [-0.3, -0.25) is 0 Å². The lowest BCUT2D eigenvalue weighted by Crippen LogP contribution is -2.39. The fourth-order valence-electron chi connectivity index (χ4n) is 0.406. The highest BCUT2D eigenvalue weighted by molar-refractivity contribution is 5.72. The van der Waals surface area contributed by atoms with Crippen LogP contribution in [0.1, 0.15) is 13.3 Å². The van der Waals surface area contributed by atoms with Crippen LogP contribution in [-0.4, -0.2) is 28.3 Å². The lowest BCUT2D eigenvalue weighted by molar-refractivity contribution is -0.147. The SMILES string of the molecule is CC[C@@H](N)[C@H](O)C(=O)O. The number of aliphatic hydroxyl groups excluding tert-OH is 1. The minimum atomic E-state index is -1.42. The zero-order chi connectivity index (χ0) is 7.44. The van der Waals surface area contributed by atoms with Gasteiger partial charge in [0, 0.05) is 6.04 Å². The van der Waals surface area contributed by atoms with Crippen LogP contribution >= 0.6 is 0 Å². The summed E-state index contributed by atoms with van der Waals surface area (Å²) in [5.74, 6) is -1.26. The summed E-state index contributed by atoms with van der Waals surface area (Å²) < 4.78 is 0. The first-order chi connectivity index (χ1) is 4.09. The van der Waals surface area contributed by atoms with E-state index < -0.39 is 18.1 Å². The molecule has 0 unspecified atom stereocenters. The number of aliphatic hydroxyl groups is 1. The Bertz CT molecular complexity index is 104. The summed E-state index contributed by atoms with van der Waals surface area (Å²) in [4.78, 5) is 9.97. The number of carboxylic acids is 1. The average Bonchev–Trinajstić information content (AvgIpc) is 1.84. The Balaban J connectivity index is 3.72. The van der Waals surface area contributed by atoms with Crippen LogP contribution in [0.4, 0.5) is 0 Å². The van der Waals surface area contributed by atoms with E-state index in [-0.39, 0.29) is 0 Å². The van der Waals surface area contributed by atoms with Gasteiger partial charge in [0.15, 0.2) is 6.10 Å². The molecule has 0 amide bonds. The smallest absolute Gasteiger partial charge is 0.334 e. The summed E-state index contributed by atoms with van der Waals surface area (Å²) in [6.45, 7) is 1.72. The van der Waals surface area contributed by atoms with E-state index in [1.165, 1.54) is 0 Å². The van der Waals surface area contributed by atoms with Gasteiger partial charge < -0.3 is 15.9 Å². The predicted octanol–water partition coefficient (Wildman–Crippen LogP) is -0.831. The third kappa shape index (κ3) is 2.43. The number of nitrogens with two attached hydrogens (primary N) is 1. The van der Waals surface area contributed by atoms with Gasteiger partial charge in [0.2, 0.25) is 0 Å². The molecule has 54 valence electrons. The standard InChI is InChI=1S/C5H11NO3/c1-2-3(6)4(7)5(8)9/h3-4,7H,2,6H2,1H3,(H,8,9)/t3-,4+/m1/s1. The molecule has 0 saturated carbocycles. The molecule has 4 nitrogen and oxygen atoms in total. The zero-order valence-corrected chi connectivity index (χ0v) is 5.24. The van der Waals surface area contributed by atoms with Crippen LogP contribution < -0.4 is 5.73 Å². The van der Waals surface area contributed by atoms with Crippen molar-refractivity contribution in [1.29, 1.82) is 0 Å². The molecule has 4 N–H and O–H groups in total. The number of rotatable bonds is 3. The van der Waals surface area contributed by atoms with E-state index in [1.807, 2.05) is 0 Å². The molecule has 0 aliphatic rings. The molecule has 0 saturated heterocycles. The van der Waals surface area contributed by atoms with Crippen molar-refractivity contribution >= 4 is 5.97 Å². The number of hydrogen-bond acceptors (Lipinski definition) is 3. The maximum atomic E-state index is 9.97. The molecule has 0 radical (unpaired) electrons. The van der Waals surface area contributed by atoms with Crippen LogP contribution in [0.3, 0.4) is 0 Å². The van der Waals surface area contributed by atoms with Crippen molar-refractivity contribution in [1.82, 2.24) is 0 Å². The Kier molecular flexibility index (Phi) is 3.19. The lowest BCUT2D eigenvalue weighted by atomic mass is 10.1. The van der Waals surface area contributed by atoms with Gasteiger partial charge in [0.25, 0.3) is 0 Å². The Labute approximate surface area is 53.3 Å². The van der Waals surface area contributed by atoms with Gasteiger partial charge in [0.1, 0.15) is 0 Å². The predicted molar refractivity (Wildman–Crippen MR) is 31.9 cm³/mol. The van der Waals surface area contributed by atoms with Crippen molar-refractivity contribution in [2.75, 3.05) is 0 Å². The first-order valence-electron chi connectivity index (χ1n) is 2.76. The number of aliphatic carboxylic acids is 1. The fourth-order valence-corrected chi connectivity index (χ4v) is 0.406. The summed E-state index contributed by atoms with van der Waals surface area (Å²) in [7, 11) is 0. The van der Waals surface area contributed by atoms with Crippen molar-refractivity contribution in [3.8, 4) is 0 Å². The molecule has 0 aromatic heterocycles. The molecule has 0 bridgehead atoms. The summed E-state index contributed by atoms with van der Waals surface area (Å²) in [5, 5.41) is 16.8. The Morgan fingerprint density at radius 3 is 2.33 bits per heavy atom. The minimum Gasteiger partial charge on any atom is -0.479 e. The number of carbonyl (C=O) groups is 1. The summed E-state index contributed by atoms with van der Waals surface area (Å²) in [6, 6.07) is -0.650. The number of hydrogen-bond donors (Lipinski definition) is 3. The van der Waals surface area contributed by atoms with E-state index in [9.17, 15) is 4.79 Å². The Morgan fingerprint density at radius 1 is 1.78 bits per heavy atom. The van der Waals surface area contributed by atoms with E-state index in [4.69, 9.17) is 15.9 Å². The lowest BCUT2D eigenvalue weighted by Gasteiger charge is -2.11. The second-order valence-corrected chi connectivity index (χ2v) is 1.86. The van der Waals surface area contributed by atoms with E-state index in [0.29, 0.717) is 6.42 Å². The fraction of sp³-hybridized carbons (Fsp3) is 0.800. The summed E-state index contributed by atoms with van der Waals surface area (Å²) in [5.41, 5.74) is 5.19. The second-order valence-electron chi connectivity index (χ2n) is 1.86. The van der Waals surface area contributed by atoms with Crippen molar-refractivity contribution in [2.45, 2.75) is 25.5 Å². The van der Waals surface area contributed by atoms with Crippen LogP contribution in [0, 0.1) is 0 Å². The maximum Gasteiger partial charge on any atom is 0.334 e. The average molecular weight is 133 g/mol. The molecule has 0 heterocycles. The normalized spacial score (nSPS) is 16.8. The molecule has 0 aromatic rings. The topological polar surface area (TPSA) is 83.5 Å². The molecule has 0 spiro atoms. The third-order valence-electron chi connectivity index (χ3n) is 1.13. The molecular formula is C5H11NO3. The van der Waals surface area contributed by atoms with Crippen LogP contribution in [-0.2, 0) is 4.79 Å². The van der Waals surface area contributed by atoms with Gasteiger partial charge in [-0.25, -0.2) is 4.79 Å².